The van der Waals surface area contributed by atoms with Crippen molar-refractivity contribution in [3.63, 3.8) is 0 Å². The van der Waals surface area contributed by atoms with Crippen molar-refractivity contribution in [2.45, 2.75) is 24.8 Å². The molecule has 2 aromatic rings. The van der Waals surface area contributed by atoms with Crippen molar-refractivity contribution in [2.75, 3.05) is 12.8 Å². The zero-order chi connectivity index (χ0) is 13.7. The van der Waals surface area contributed by atoms with E-state index in [1.165, 1.54) is 21.6 Å². The third kappa shape index (κ3) is 3.62. The molecule has 100 valence electrons. The SMILES string of the molecule is CNC(CSc1ccccc1)c1cccc(C)c1C. The maximum atomic E-state index is 3.44. The van der Waals surface area contributed by atoms with E-state index >= 15 is 0 Å². The summed E-state index contributed by atoms with van der Waals surface area (Å²) in [6.07, 6.45) is 0. The van der Waals surface area contributed by atoms with Crippen LogP contribution in [0, 0.1) is 13.8 Å². The Morgan fingerprint density at radius 3 is 2.42 bits per heavy atom. The molecule has 1 unspecified atom stereocenters. The first-order valence-corrected chi connectivity index (χ1v) is 7.62. The molecule has 0 spiro atoms. The Labute approximate surface area is 120 Å². The highest BCUT2D eigenvalue weighted by atomic mass is 32.2. The molecule has 1 atom stereocenters. The summed E-state index contributed by atoms with van der Waals surface area (Å²) in [5, 5.41) is 3.44. The van der Waals surface area contributed by atoms with Gasteiger partial charge >= 0.3 is 0 Å². The fraction of sp³-hybridized carbons (Fsp3) is 0.294. The Hall–Kier alpha value is -1.25. The van der Waals surface area contributed by atoms with Gasteiger partial charge in [0.2, 0.25) is 0 Å². The molecule has 2 rings (SSSR count). The topological polar surface area (TPSA) is 12.0 Å². The quantitative estimate of drug-likeness (QED) is 0.811. The highest BCUT2D eigenvalue weighted by Crippen LogP contribution is 2.27. The number of nitrogens with one attached hydrogen (secondary N) is 1. The lowest BCUT2D eigenvalue weighted by atomic mass is 9.98. The van der Waals surface area contributed by atoms with Gasteiger partial charge in [0.1, 0.15) is 0 Å². The molecule has 0 aliphatic rings. The van der Waals surface area contributed by atoms with Gasteiger partial charge in [0.05, 0.1) is 0 Å². The maximum Gasteiger partial charge on any atom is 0.0415 e. The van der Waals surface area contributed by atoms with Crippen molar-refractivity contribution >= 4 is 11.8 Å². The van der Waals surface area contributed by atoms with Crippen molar-refractivity contribution in [1.29, 1.82) is 0 Å². The molecule has 0 radical (unpaired) electrons. The average molecular weight is 271 g/mol. The van der Waals surface area contributed by atoms with Crippen LogP contribution < -0.4 is 5.32 Å². The number of benzene rings is 2. The van der Waals surface area contributed by atoms with Crippen LogP contribution in [0.1, 0.15) is 22.7 Å². The van der Waals surface area contributed by atoms with E-state index in [9.17, 15) is 0 Å². The molecular formula is C17H21NS. The van der Waals surface area contributed by atoms with Gasteiger partial charge in [-0.2, -0.15) is 0 Å². The Kier molecular flexibility index (Phi) is 5.06. The summed E-state index contributed by atoms with van der Waals surface area (Å²) in [6, 6.07) is 17.5. The normalized spacial score (nSPS) is 12.4. The van der Waals surface area contributed by atoms with Crippen LogP contribution in [0.4, 0.5) is 0 Å². The number of thioether (sulfide) groups is 1. The second kappa shape index (κ2) is 6.78. The Balaban J connectivity index is 2.10. The van der Waals surface area contributed by atoms with Crippen LogP contribution in [0.25, 0.3) is 0 Å². The van der Waals surface area contributed by atoms with Crippen molar-refractivity contribution < 1.29 is 0 Å². The van der Waals surface area contributed by atoms with Gasteiger partial charge in [-0.3, -0.25) is 0 Å². The number of hydrogen-bond donors (Lipinski definition) is 1. The van der Waals surface area contributed by atoms with Gasteiger partial charge in [-0.05, 0) is 49.7 Å². The molecule has 0 saturated heterocycles. The zero-order valence-electron chi connectivity index (χ0n) is 11.8. The number of hydrogen-bond acceptors (Lipinski definition) is 2. The molecule has 0 amide bonds. The van der Waals surface area contributed by atoms with Gasteiger partial charge in [-0.15, -0.1) is 11.8 Å². The van der Waals surface area contributed by atoms with E-state index in [1.54, 1.807) is 0 Å². The van der Waals surface area contributed by atoms with Gasteiger partial charge in [0.25, 0.3) is 0 Å². The van der Waals surface area contributed by atoms with Gasteiger partial charge in [0.15, 0.2) is 0 Å². The number of rotatable bonds is 5. The van der Waals surface area contributed by atoms with E-state index in [0.717, 1.165) is 5.75 Å². The predicted octanol–water partition coefficient (Wildman–Crippen LogP) is 4.36. The van der Waals surface area contributed by atoms with Crippen molar-refractivity contribution in [3.05, 3.63) is 65.2 Å². The molecule has 0 bridgehead atoms. The first kappa shape index (κ1) is 14.2. The molecule has 0 aliphatic heterocycles. The summed E-state index contributed by atoms with van der Waals surface area (Å²) >= 11 is 1.90. The Bertz CT molecular complexity index is 522. The van der Waals surface area contributed by atoms with Crippen LogP contribution in [0.15, 0.2) is 53.4 Å². The van der Waals surface area contributed by atoms with Crippen LogP contribution in [0.3, 0.4) is 0 Å². The summed E-state index contributed by atoms with van der Waals surface area (Å²) in [6.45, 7) is 4.39. The Morgan fingerprint density at radius 2 is 1.74 bits per heavy atom. The second-order valence-corrected chi connectivity index (χ2v) is 5.85. The third-order valence-corrected chi connectivity index (χ3v) is 4.64. The summed E-state index contributed by atoms with van der Waals surface area (Å²) in [4.78, 5) is 1.33. The van der Waals surface area contributed by atoms with E-state index in [4.69, 9.17) is 0 Å². The predicted molar refractivity (Wildman–Crippen MR) is 84.9 cm³/mol. The summed E-state index contributed by atoms with van der Waals surface area (Å²) in [7, 11) is 2.04. The van der Waals surface area contributed by atoms with E-state index < -0.39 is 0 Å². The lowest BCUT2D eigenvalue weighted by Crippen LogP contribution is -2.20. The van der Waals surface area contributed by atoms with Crippen molar-refractivity contribution in [2.24, 2.45) is 0 Å². The highest BCUT2D eigenvalue weighted by Gasteiger charge is 2.12. The molecule has 1 nitrogen and oxygen atoms in total. The summed E-state index contributed by atoms with van der Waals surface area (Å²) in [5.74, 6) is 1.05. The molecule has 0 heterocycles. The minimum Gasteiger partial charge on any atom is -0.312 e. The third-order valence-electron chi connectivity index (χ3n) is 3.53. The first-order chi connectivity index (χ1) is 9.22. The second-order valence-electron chi connectivity index (χ2n) is 4.75. The van der Waals surface area contributed by atoms with Gasteiger partial charge in [0, 0.05) is 16.7 Å². The fourth-order valence-corrected chi connectivity index (χ4v) is 3.23. The monoisotopic (exact) mass is 271 g/mol. The fourth-order valence-electron chi connectivity index (χ4n) is 2.18. The van der Waals surface area contributed by atoms with Crippen LogP contribution >= 0.6 is 11.8 Å². The number of aryl methyl sites for hydroxylation is 1. The Morgan fingerprint density at radius 1 is 1.00 bits per heavy atom. The molecule has 2 aromatic carbocycles. The van der Waals surface area contributed by atoms with E-state index in [0.29, 0.717) is 6.04 Å². The van der Waals surface area contributed by atoms with E-state index in [2.05, 4.69) is 67.7 Å². The summed E-state index contributed by atoms with van der Waals surface area (Å²) < 4.78 is 0. The molecule has 0 saturated carbocycles. The molecular weight excluding hydrogens is 250 g/mol. The molecule has 0 aliphatic carbocycles. The van der Waals surface area contributed by atoms with E-state index in [-0.39, 0.29) is 0 Å². The minimum absolute atomic E-state index is 0.394. The molecule has 0 fully saturated rings. The van der Waals surface area contributed by atoms with Gasteiger partial charge in [-0.25, -0.2) is 0 Å². The minimum atomic E-state index is 0.394. The molecule has 1 N–H and O–H groups in total. The van der Waals surface area contributed by atoms with Crippen LogP contribution in [-0.2, 0) is 0 Å². The first-order valence-electron chi connectivity index (χ1n) is 6.63. The standard InChI is InChI=1S/C17H21NS/c1-13-8-7-11-16(14(13)2)17(18-3)12-19-15-9-5-4-6-10-15/h4-11,17-18H,12H2,1-3H3. The molecule has 0 aromatic heterocycles. The highest BCUT2D eigenvalue weighted by molar-refractivity contribution is 7.99. The van der Waals surface area contributed by atoms with Crippen molar-refractivity contribution in [1.82, 2.24) is 5.32 Å². The van der Waals surface area contributed by atoms with Crippen LogP contribution in [0.2, 0.25) is 0 Å². The van der Waals surface area contributed by atoms with E-state index in [1.807, 2.05) is 18.8 Å². The zero-order valence-corrected chi connectivity index (χ0v) is 12.6. The summed E-state index contributed by atoms with van der Waals surface area (Å²) in [5.41, 5.74) is 4.17. The van der Waals surface area contributed by atoms with Crippen LogP contribution in [0.5, 0.6) is 0 Å². The van der Waals surface area contributed by atoms with Gasteiger partial charge < -0.3 is 5.32 Å². The molecule has 19 heavy (non-hydrogen) atoms. The van der Waals surface area contributed by atoms with Gasteiger partial charge in [-0.1, -0.05) is 36.4 Å². The molecule has 2 heteroatoms. The largest absolute Gasteiger partial charge is 0.312 e. The van der Waals surface area contributed by atoms with Crippen LogP contribution in [-0.4, -0.2) is 12.8 Å². The lowest BCUT2D eigenvalue weighted by Gasteiger charge is -2.19. The van der Waals surface area contributed by atoms with Crippen molar-refractivity contribution in [3.8, 4) is 0 Å². The smallest absolute Gasteiger partial charge is 0.0415 e. The maximum absolute atomic E-state index is 3.44. The average Bonchev–Trinajstić information content (AvgIpc) is 2.45. The lowest BCUT2D eigenvalue weighted by molar-refractivity contribution is 0.657.